The number of hydrogen-bond acceptors (Lipinski definition) is 5. The molecule has 0 amide bonds. The highest BCUT2D eigenvalue weighted by molar-refractivity contribution is 7.89. The molecule has 9 heteroatoms. The molecule has 21 heavy (non-hydrogen) atoms. The van der Waals surface area contributed by atoms with Crippen LogP contribution in [0.25, 0.3) is 0 Å². The second-order valence-electron chi connectivity index (χ2n) is 4.77. The van der Waals surface area contributed by atoms with Gasteiger partial charge >= 0.3 is 5.97 Å². The van der Waals surface area contributed by atoms with Gasteiger partial charge in [-0.2, -0.15) is 4.31 Å². The molecular weight excluding hydrogens is 300 g/mol. The van der Waals surface area contributed by atoms with E-state index in [9.17, 15) is 23.3 Å². The van der Waals surface area contributed by atoms with Gasteiger partial charge in [-0.1, -0.05) is 6.07 Å². The van der Waals surface area contributed by atoms with Crippen LogP contribution in [0.4, 0.5) is 5.69 Å². The number of sulfonamides is 1. The first-order valence-electron chi connectivity index (χ1n) is 6.25. The summed E-state index contributed by atoms with van der Waals surface area (Å²) < 4.78 is 26.1. The van der Waals surface area contributed by atoms with Gasteiger partial charge in [0.05, 0.1) is 9.82 Å². The van der Waals surface area contributed by atoms with Gasteiger partial charge < -0.3 is 5.11 Å². The van der Waals surface area contributed by atoms with E-state index in [2.05, 4.69) is 0 Å². The molecule has 1 aliphatic heterocycles. The molecule has 8 nitrogen and oxygen atoms in total. The number of carbonyl (C=O) groups is 1. The van der Waals surface area contributed by atoms with Crippen molar-refractivity contribution in [1.82, 2.24) is 4.31 Å². The molecule has 1 aliphatic rings. The highest BCUT2D eigenvalue weighted by Gasteiger charge is 2.40. The number of carboxylic acids is 1. The summed E-state index contributed by atoms with van der Waals surface area (Å²) in [5, 5.41) is 20.0. The maximum atomic E-state index is 12.6. The molecule has 0 bridgehead atoms. The maximum absolute atomic E-state index is 12.6. The number of nitro benzene ring substituents is 1. The average Bonchev–Trinajstić information content (AvgIpc) is 2.88. The first kappa shape index (κ1) is 15.4. The minimum absolute atomic E-state index is 0.0125. The lowest BCUT2D eigenvalue weighted by Gasteiger charge is -2.21. The second kappa shape index (κ2) is 5.41. The number of nitro groups is 1. The molecule has 1 heterocycles. The topological polar surface area (TPSA) is 118 Å². The number of nitrogens with zero attached hydrogens (tertiary/aromatic N) is 2. The number of carboxylic acid groups (broad SMARTS) is 1. The Morgan fingerprint density at radius 3 is 2.71 bits per heavy atom. The lowest BCUT2D eigenvalue weighted by atomic mass is 10.2. The van der Waals surface area contributed by atoms with E-state index in [0.29, 0.717) is 6.42 Å². The van der Waals surface area contributed by atoms with Gasteiger partial charge in [-0.15, -0.1) is 0 Å². The standard InChI is InChI=1S/C12H14N2O6S/c1-8-9(14(17)18)4-2-6-11(8)21(19,20)13-7-3-5-10(13)12(15)16/h2,4,6,10H,3,5,7H2,1H3,(H,15,16)/t10-/m0/s1. The van der Waals surface area contributed by atoms with Crippen LogP contribution in [0.3, 0.4) is 0 Å². The Balaban J connectivity index is 2.52. The summed E-state index contributed by atoms with van der Waals surface area (Å²) in [7, 11) is -4.07. The summed E-state index contributed by atoms with van der Waals surface area (Å²) in [4.78, 5) is 21.2. The number of hydrogen-bond donors (Lipinski definition) is 1. The fourth-order valence-corrected chi connectivity index (χ4v) is 4.38. The molecule has 1 atom stereocenters. The molecule has 1 aromatic carbocycles. The van der Waals surface area contributed by atoms with Crippen molar-refractivity contribution in [2.24, 2.45) is 0 Å². The van der Waals surface area contributed by atoms with E-state index >= 15 is 0 Å². The Kier molecular flexibility index (Phi) is 3.97. The molecule has 1 saturated heterocycles. The smallest absolute Gasteiger partial charge is 0.322 e. The van der Waals surface area contributed by atoms with Gasteiger partial charge in [0.2, 0.25) is 10.0 Å². The van der Waals surface area contributed by atoms with Crippen LogP contribution in [0.5, 0.6) is 0 Å². The third kappa shape index (κ3) is 2.61. The third-order valence-corrected chi connectivity index (χ3v) is 5.58. The third-order valence-electron chi connectivity index (χ3n) is 3.53. The summed E-state index contributed by atoms with van der Waals surface area (Å²) in [5.74, 6) is -1.21. The van der Waals surface area contributed by atoms with Crippen LogP contribution < -0.4 is 0 Å². The van der Waals surface area contributed by atoms with Crippen molar-refractivity contribution in [2.75, 3.05) is 6.54 Å². The van der Waals surface area contributed by atoms with Crippen molar-refractivity contribution in [1.29, 1.82) is 0 Å². The first-order valence-corrected chi connectivity index (χ1v) is 7.69. The van der Waals surface area contributed by atoms with Crippen LogP contribution in [0, 0.1) is 17.0 Å². The predicted octanol–water partition coefficient (Wildman–Crippen LogP) is 1.14. The quantitative estimate of drug-likeness (QED) is 0.657. The molecule has 0 unspecified atom stereocenters. The minimum atomic E-state index is -4.07. The summed E-state index contributed by atoms with van der Waals surface area (Å²) in [6.07, 6.45) is 0.687. The molecule has 0 saturated carbocycles. The fraction of sp³-hybridized carbons (Fsp3) is 0.417. The van der Waals surface area contributed by atoms with Crippen LogP contribution in [0.1, 0.15) is 18.4 Å². The zero-order chi connectivity index (χ0) is 15.8. The lowest BCUT2D eigenvalue weighted by Crippen LogP contribution is -2.40. The van der Waals surface area contributed by atoms with Crippen molar-refractivity contribution < 1.29 is 23.2 Å². The Morgan fingerprint density at radius 1 is 1.48 bits per heavy atom. The van der Waals surface area contributed by atoms with Crippen molar-refractivity contribution in [3.05, 3.63) is 33.9 Å². The van der Waals surface area contributed by atoms with E-state index in [1.165, 1.54) is 25.1 Å². The van der Waals surface area contributed by atoms with Crippen molar-refractivity contribution in [3.63, 3.8) is 0 Å². The highest BCUT2D eigenvalue weighted by Crippen LogP contribution is 2.31. The molecule has 0 aromatic heterocycles. The summed E-state index contributed by atoms with van der Waals surface area (Å²) in [6.45, 7) is 1.44. The monoisotopic (exact) mass is 314 g/mol. The highest BCUT2D eigenvalue weighted by atomic mass is 32.2. The largest absolute Gasteiger partial charge is 0.480 e. The lowest BCUT2D eigenvalue weighted by molar-refractivity contribution is -0.385. The van der Waals surface area contributed by atoms with Crippen molar-refractivity contribution in [3.8, 4) is 0 Å². The van der Waals surface area contributed by atoms with E-state index in [1.807, 2.05) is 0 Å². The molecule has 0 radical (unpaired) electrons. The molecular formula is C12H14N2O6S. The van der Waals surface area contributed by atoms with Crippen LogP contribution in [-0.4, -0.2) is 41.3 Å². The Hall–Kier alpha value is -2.00. The van der Waals surface area contributed by atoms with Gasteiger partial charge in [-0.3, -0.25) is 14.9 Å². The van der Waals surface area contributed by atoms with Crippen LogP contribution >= 0.6 is 0 Å². The first-order chi connectivity index (χ1) is 9.76. The van der Waals surface area contributed by atoms with Gasteiger partial charge in [0.25, 0.3) is 5.69 Å². The van der Waals surface area contributed by atoms with E-state index in [4.69, 9.17) is 5.11 Å². The van der Waals surface area contributed by atoms with E-state index < -0.39 is 27.0 Å². The molecule has 2 rings (SSSR count). The van der Waals surface area contributed by atoms with Gasteiger partial charge in [0.1, 0.15) is 6.04 Å². The molecule has 1 fully saturated rings. The zero-order valence-corrected chi connectivity index (χ0v) is 12.0. The molecule has 114 valence electrons. The van der Waals surface area contributed by atoms with Gasteiger partial charge in [-0.05, 0) is 25.8 Å². The fourth-order valence-electron chi connectivity index (χ4n) is 2.48. The second-order valence-corrected chi connectivity index (χ2v) is 6.63. The summed E-state index contributed by atoms with van der Waals surface area (Å²) in [5.41, 5.74) is -0.291. The van der Waals surface area contributed by atoms with Crippen LogP contribution in [0.15, 0.2) is 23.1 Å². The van der Waals surface area contributed by atoms with Gasteiger partial charge in [0.15, 0.2) is 0 Å². The Labute approximate surface area is 121 Å². The van der Waals surface area contributed by atoms with E-state index in [0.717, 1.165) is 4.31 Å². The molecule has 1 aromatic rings. The Bertz CT molecular complexity index is 700. The number of rotatable bonds is 4. The molecule has 1 N–H and O–H groups in total. The van der Waals surface area contributed by atoms with Crippen molar-refractivity contribution >= 4 is 21.7 Å². The molecule has 0 aliphatic carbocycles. The maximum Gasteiger partial charge on any atom is 0.322 e. The SMILES string of the molecule is Cc1c([N+](=O)[O-])cccc1S(=O)(=O)N1CCC[C@H]1C(=O)O. The van der Waals surface area contributed by atoms with E-state index in [1.54, 1.807) is 0 Å². The van der Waals surface area contributed by atoms with Crippen molar-refractivity contribution in [2.45, 2.75) is 30.7 Å². The Morgan fingerprint density at radius 2 is 2.14 bits per heavy atom. The van der Waals surface area contributed by atoms with Gasteiger partial charge in [-0.25, -0.2) is 8.42 Å². The number of benzene rings is 1. The van der Waals surface area contributed by atoms with Gasteiger partial charge in [0, 0.05) is 18.2 Å². The number of aliphatic carboxylic acids is 1. The summed E-state index contributed by atoms with van der Waals surface area (Å²) >= 11 is 0. The summed E-state index contributed by atoms with van der Waals surface area (Å²) in [6, 6.07) is 2.64. The predicted molar refractivity (Wildman–Crippen MR) is 72.4 cm³/mol. The normalized spacial score (nSPS) is 19.6. The zero-order valence-electron chi connectivity index (χ0n) is 11.2. The molecule has 0 spiro atoms. The van der Waals surface area contributed by atoms with Crippen LogP contribution in [0.2, 0.25) is 0 Å². The van der Waals surface area contributed by atoms with Crippen LogP contribution in [-0.2, 0) is 14.8 Å². The minimum Gasteiger partial charge on any atom is -0.480 e. The van der Waals surface area contributed by atoms with E-state index in [-0.39, 0.29) is 29.1 Å². The average molecular weight is 314 g/mol.